The number of hydrogen-bond donors (Lipinski definition) is 0. The molecule has 1 heterocycles. The van der Waals surface area contributed by atoms with Gasteiger partial charge in [0.05, 0.1) is 5.41 Å². The van der Waals surface area contributed by atoms with Crippen LogP contribution in [0.15, 0.2) is 71.7 Å². The summed E-state index contributed by atoms with van der Waals surface area (Å²) in [6.45, 7) is 4.17. The summed E-state index contributed by atoms with van der Waals surface area (Å²) < 4.78 is 6.26. The molecule has 122 valence electrons. The first-order chi connectivity index (χ1) is 11.8. The number of hydrogen-bond acceptors (Lipinski definition) is 2. The molecule has 0 bridgehead atoms. The molecular formula is C22H23NO. The second-order valence-electron chi connectivity index (χ2n) is 6.83. The molecule has 1 aliphatic carbocycles. The zero-order chi connectivity index (χ0) is 16.4. The number of oxazole rings is 1. The first-order valence-electron chi connectivity index (χ1n) is 8.87. The van der Waals surface area contributed by atoms with E-state index in [4.69, 9.17) is 9.40 Å². The van der Waals surface area contributed by atoms with E-state index < -0.39 is 0 Å². The number of rotatable bonds is 4. The topological polar surface area (TPSA) is 26.0 Å². The van der Waals surface area contributed by atoms with Gasteiger partial charge in [-0.15, -0.1) is 6.58 Å². The maximum atomic E-state index is 6.26. The van der Waals surface area contributed by atoms with Crippen molar-refractivity contribution in [3.63, 3.8) is 0 Å². The largest absolute Gasteiger partial charge is 0.440 e. The maximum absolute atomic E-state index is 6.26. The normalized spacial score (nSPS) is 18.3. The fourth-order valence-corrected chi connectivity index (χ4v) is 4.27. The molecule has 4 rings (SSSR count). The average Bonchev–Trinajstić information content (AvgIpc) is 3.09. The summed E-state index contributed by atoms with van der Waals surface area (Å²) in [5.41, 5.74) is 3.05. The highest BCUT2D eigenvalue weighted by Gasteiger charge is 2.44. The van der Waals surface area contributed by atoms with Gasteiger partial charge in [0.1, 0.15) is 5.52 Å². The fraction of sp³-hybridized carbons (Fsp3) is 0.318. The SMILES string of the molecule is C=CC(c1ccccc1)C1(c2nc3ccccc3o2)CCCCC1. The minimum absolute atomic E-state index is 0.0830. The molecular weight excluding hydrogens is 294 g/mol. The summed E-state index contributed by atoms with van der Waals surface area (Å²) in [4.78, 5) is 4.89. The van der Waals surface area contributed by atoms with Gasteiger partial charge in [-0.05, 0) is 30.5 Å². The van der Waals surface area contributed by atoms with E-state index in [1.54, 1.807) is 0 Å². The molecule has 2 nitrogen and oxygen atoms in total. The van der Waals surface area contributed by atoms with Gasteiger partial charge in [0.2, 0.25) is 5.89 Å². The van der Waals surface area contributed by atoms with Gasteiger partial charge >= 0.3 is 0 Å². The summed E-state index contributed by atoms with van der Waals surface area (Å²) in [7, 11) is 0. The highest BCUT2D eigenvalue weighted by molar-refractivity contribution is 5.72. The molecule has 1 saturated carbocycles. The van der Waals surface area contributed by atoms with E-state index in [0.29, 0.717) is 0 Å². The third-order valence-electron chi connectivity index (χ3n) is 5.46. The van der Waals surface area contributed by atoms with Gasteiger partial charge in [0.25, 0.3) is 0 Å². The van der Waals surface area contributed by atoms with E-state index >= 15 is 0 Å². The number of benzene rings is 2. The number of fused-ring (bicyclic) bond motifs is 1. The molecule has 1 aromatic heterocycles. The van der Waals surface area contributed by atoms with Gasteiger partial charge in [-0.1, -0.05) is 67.8 Å². The second-order valence-corrected chi connectivity index (χ2v) is 6.83. The van der Waals surface area contributed by atoms with Crippen LogP contribution in [0, 0.1) is 0 Å². The molecule has 3 aromatic rings. The number of allylic oxidation sites excluding steroid dienone is 1. The van der Waals surface area contributed by atoms with Crippen LogP contribution in [-0.4, -0.2) is 4.98 Å². The monoisotopic (exact) mass is 317 g/mol. The van der Waals surface area contributed by atoms with Crippen molar-refractivity contribution in [3.8, 4) is 0 Å². The molecule has 0 amide bonds. The van der Waals surface area contributed by atoms with Crippen LogP contribution < -0.4 is 0 Å². The summed E-state index contributed by atoms with van der Waals surface area (Å²) in [5, 5.41) is 0. The van der Waals surface area contributed by atoms with Crippen molar-refractivity contribution >= 4 is 11.1 Å². The first-order valence-corrected chi connectivity index (χ1v) is 8.87. The average molecular weight is 317 g/mol. The van der Waals surface area contributed by atoms with Crippen LogP contribution in [0.4, 0.5) is 0 Å². The van der Waals surface area contributed by atoms with Crippen LogP contribution in [0.1, 0.15) is 49.5 Å². The Morgan fingerprint density at radius 2 is 1.67 bits per heavy atom. The molecule has 0 aliphatic heterocycles. The van der Waals surface area contributed by atoms with Crippen LogP contribution in [0.2, 0.25) is 0 Å². The van der Waals surface area contributed by atoms with Crippen LogP contribution in [0.5, 0.6) is 0 Å². The molecule has 0 spiro atoms. The smallest absolute Gasteiger partial charge is 0.202 e. The van der Waals surface area contributed by atoms with Crippen LogP contribution in [0.3, 0.4) is 0 Å². The van der Waals surface area contributed by atoms with Gasteiger partial charge in [-0.25, -0.2) is 4.98 Å². The lowest BCUT2D eigenvalue weighted by molar-refractivity contribution is 0.218. The zero-order valence-electron chi connectivity index (χ0n) is 13.9. The van der Waals surface area contributed by atoms with E-state index in [2.05, 4.69) is 43.0 Å². The van der Waals surface area contributed by atoms with E-state index in [9.17, 15) is 0 Å². The molecule has 0 N–H and O–H groups in total. The Labute approximate surface area is 143 Å². The Hall–Kier alpha value is -2.35. The van der Waals surface area contributed by atoms with Gasteiger partial charge in [-0.2, -0.15) is 0 Å². The van der Waals surface area contributed by atoms with Crippen molar-refractivity contribution in [1.82, 2.24) is 4.98 Å². The lowest BCUT2D eigenvalue weighted by Gasteiger charge is -2.40. The van der Waals surface area contributed by atoms with E-state index in [1.807, 2.05) is 24.3 Å². The van der Waals surface area contributed by atoms with Crippen molar-refractivity contribution in [2.75, 3.05) is 0 Å². The van der Waals surface area contributed by atoms with Gasteiger partial charge in [0, 0.05) is 5.92 Å². The van der Waals surface area contributed by atoms with Crippen LogP contribution >= 0.6 is 0 Å². The minimum Gasteiger partial charge on any atom is -0.440 e. The molecule has 24 heavy (non-hydrogen) atoms. The Morgan fingerprint density at radius 1 is 0.958 bits per heavy atom. The van der Waals surface area contributed by atoms with Gasteiger partial charge in [-0.3, -0.25) is 0 Å². The predicted octanol–water partition coefficient (Wildman–Crippen LogP) is 6.00. The molecule has 2 heteroatoms. The summed E-state index contributed by atoms with van der Waals surface area (Å²) in [6, 6.07) is 18.7. The van der Waals surface area contributed by atoms with Crippen LogP contribution in [-0.2, 0) is 5.41 Å². The Morgan fingerprint density at radius 3 is 2.38 bits per heavy atom. The molecule has 0 radical (unpaired) electrons. The molecule has 1 atom stereocenters. The molecule has 1 fully saturated rings. The van der Waals surface area contributed by atoms with Crippen molar-refractivity contribution in [3.05, 3.63) is 78.7 Å². The second kappa shape index (κ2) is 6.27. The van der Waals surface area contributed by atoms with E-state index in [1.165, 1.54) is 24.8 Å². The van der Waals surface area contributed by atoms with Gasteiger partial charge in [0.15, 0.2) is 5.58 Å². The number of nitrogens with zero attached hydrogens (tertiary/aromatic N) is 1. The summed E-state index contributed by atoms with van der Waals surface area (Å²) in [6.07, 6.45) is 8.03. The lowest BCUT2D eigenvalue weighted by atomic mass is 9.63. The van der Waals surface area contributed by atoms with Crippen molar-refractivity contribution in [2.45, 2.75) is 43.4 Å². The third kappa shape index (κ3) is 2.47. The third-order valence-corrected chi connectivity index (χ3v) is 5.46. The Bertz CT molecular complexity index is 794. The zero-order valence-corrected chi connectivity index (χ0v) is 13.9. The lowest BCUT2D eigenvalue weighted by Crippen LogP contribution is -2.35. The maximum Gasteiger partial charge on any atom is 0.202 e. The van der Waals surface area contributed by atoms with Crippen molar-refractivity contribution < 1.29 is 4.42 Å². The Balaban J connectivity index is 1.86. The number of para-hydroxylation sites is 2. The highest BCUT2D eigenvalue weighted by Crippen LogP contribution is 2.50. The number of aromatic nitrogens is 1. The minimum atomic E-state index is -0.0830. The standard InChI is InChI=1S/C22H23NO/c1-2-18(17-11-5-3-6-12-17)22(15-9-4-10-16-22)21-23-19-13-7-8-14-20(19)24-21/h2-3,5-8,11-14,18H,1,4,9-10,15-16H2. The van der Waals surface area contributed by atoms with Crippen LogP contribution in [0.25, 0.3) is 11.1 Å². The quantitative estimate of drug-likeness (QED) is 0.552. The van der Waals surface area contributed by atoms with Crippen molar-refractivity contribution in [2.24, 2.45) is 0 Å². The first kappa shape index (κ1) is 15.2. The summed E-state index contributed by atoms with van der Waals surface area (Å²) >= 11 is 0. The molecule has 1 aliphatic rings. The predicted molar refractivity (Wildman–Crippen MR) is 98.2 cm³/mol. The molecule has 2 aromatic carbocycles. The Kier molecular flexibility index (Phi) is 3.97. The molecule has 1 unspecified atom stereocenters. The van der Waals surface area contributed by atoms with Gasteiger partial charge < -0.3 is 4.42 Å². The summed E-state index contributed by atoms with van der Waals surface area (Å²) in [5.74, 6) is 1.12. The molecule has 0 saturated heterocycles. The van der Waals surface area contributed by atoms with E-state index in [0.717, 1.165) is 29.8 Å². The van der Waals surface area contributed by atoms with E-state index in [-0.39, 0.29) is 11.3 Å². The van der Waals surface area contributed by atoms with Crippen molar-refractivity contribution in [1.29, 1.82) is 0 Å². The highest BCUT2D eigenvalue weighted by atomic mass is 16.3. The fourth-order valence-electron chi connectivity index (χ4n) is 4.27.